The summed E-state index contributed by atoms with van der Waals surface area (Å²) in [6.07, 6.45) is 0. The van der Waals surface area contributed by atoms with Crippen molar-refractivity contribution >= 4 is 23.4 Å². The molecule has 0 aliphatic heterocycles. The summed E-state index contributed by atoms with van der Waals surface area (Å²) >= 11 is 7.33. The molecule has 18 heavy (non-hydrogen) atoms. The van der Waals surface area contributed by atoms with E-state index in [1.54, 1.807) is 11.8 Å². The lowest BCUT2D eigenvalue weighted by Crippen LogP contribution is -2.11. The predicted octanol–water partition coefficient (Wildman–Crippen LogP) is 3.11. The van der Waals surface area contributed by atoms with Crippen LogP contribution >= 0.6 is 23.4 Å². The Kier molecular flexibility index (Phi) is 4.44. The number of nitrogens with one attached hydrogen (secondary N) is 1. The van der Waals surface area contributed by atoms with Crippen LogP contribution in [0.15, 0.2) is 40.0 Å². The van der Waals surface area contributed by atoms with E-state index in [4.69, 9.17) is 11.6 Å². The summed E-state index contributed by atoms with van der Waals surface area (Å²) in [5.41, 5.74) is 1.68. The minimum Gasteiger partial charge on any atom is -0.310 e. The van der Waals surface area contributed by atoms with Crippen molar-refractivity contribution in [1.82, 2.24) is 9.97 Å². The fourth-order valence-electron chi connectivity index (χ4n) is 1.56. The number of hydrogen-bond donors (Lipinski definition) is 1. The van der Waals surface area contributed by atoms with Crippen LogP contribution < -0.4 is 5.56 Å². The normalized spacial score (nSPS) is 10.6. The second-order valence-corrected chi connectivity index (χ2v) is 5.24. The maximum absolute atomic E-state index is 11.4. The molecule has 2 aromatic rings. The van der Waals surface area contributed by atoms with Crippen LogP contribution in [-0.2, 0) is 11.6 Å². The molecular formula is C13H13ClN2OS. The number of benzene rings is 1. The zero-order valence-corrected chi connectivity index (χ0v) is 11.5. The van der Waals surface area contributed by atoms with Crippen LogP contribution in [0.2, 0.25) is 0 Å². The molecule has 0 atom stereocenters. The molecule has 0 bridgehead atoms. The Balaban J connectivity index is 2.10. The smallest absolute Gasteiger partial charge is 0.251 e. The number of halogens is 1. The van der Waals surface area contributed by atoms with Crippen LogP contribution in [0.5, 0.6) is 0 Å². The van der Waals surface area contributed by atoms with Gasteiger partial charge in [0, 0.05) is 11.0 Å². The van der Waals surface area contributed by atoms with E-state index in [0.717, 1.165) is 4.90 Å². The topological polar surface area (TPSA) is 45.8 Å². The largest absolute Gasteiger partial charge is 0.310 e. The Morgan fingerprint density at radius 1 is 1.39 bits per heavy atom. The maximum Gasteiger partial charge on any atom is 0.251 e. The number of thioether (sulfide) groups is 1. The molecule has 2 rings (SSSR count). The fraction of sp³-hybridized carbons (Fsp3) is 0.231. The molecule has 1 heterocycles. The third-order valence-corrected chi connectivity index (χ3v) is 3.62. The van der Waals surface area contributed by atoms with Crippen molar-refractivity contribution in [2.75, 3.05) is 0 Å². The third-order valence-electron chi connectivity index (χ3n) is 2.35. The lowest BCUT2D eigenvalue weighted by Gasteiger charge is -2.03. The van der Waals surface area contributed by atoms with E-state index in [2.05, 4.69) is 29.0 Å². The van der Waals surface area contributed by atoms with Gasteiger partial charge in [-0.2, -0.15) is 0 Å². The van der Waals surface area contributed by atoms with Gasteiger partial charge < -0.3 is 4.98 Å². The number of H-pyrrole nitrogens is 1. The van der Waals surface area contributed by atoms with E-state index in [0.29, 0.717) is 17.3 Å². The van der Waals surface area contributed by atoms with Gasteiger partial charge in [-0.05, 0) is 19.1 Å². The zero-order valence-electron chi connectivity index (χ0n) is 9.94. The summed E-state index contributed by atoms with van der Waals surface area (Å²) in [5, 5.41) is 0. The van der Waals surface area contributed by atoms with Gasteiger partial charge in [0.15, 0.2) is 0 Å². The molecule has 94 valence electrons. The van der Waals surface area contributed by atoms with Crippen LogP contribution in [0.1, 0.15) is 17.1 Å². The second kappa shape index (κ2) is 6.07. The summed E-state index contributed by atoms with van der Waals surface area (Å²) in [6.45, 7) is 2.05. The predicted molar refractivity (Wildman–Crippen MR) is 75.2 cm³/mol. The Bertz CT molecular complexity index is 598. The van der Waals surface area contributed by atoms with Crippen molar-refractivity contribution in [2.24, 2.45) is 0 Å². The number of aromatic amines is 1. The highest BCUT2D eigenvalue weighted by molar-refractivity contribution is 7.98. The van der Waals surface area contributed by atoms with Gasteiger partial charge in [0.1, 0.15) is 5.82 Å². The Labute approximate surface area is 115 Å². The lowest BCUT2D eigenvalue weighted by molar-refractivity contribution is 0.959. The van der Waals surface area contributed by atoms with Crippen LogP contribution in [0.3, 0.4) is 0 Å². The number of alkyl halides is 1. The molecule has 0 saturated heterocycles. The van der Waals surface area contributed by atoms with Crippen molar-refractivity contribution in [3.63, 3.8) is 0 Å². The Morgan fingerprint density at radius 3 is 2.94 bits per heavy atom. The summed E-state index contributed by atoms with van der Waals surface area (Å²) in [5.74, 6) is 1.54. The molecule has 3 nitrogen and oxygen atoms in total. The zero-order chi connectivity index (χ0) is 13.0. The summed E-state index contributed by atoms with van der Waals surface area (Å²) in [7, 11) is 0. The SMILES string of the molecule is Cc1cccc(SCc2nc(CCl)cc(=O)[nH]2)c1. The van der Waals surface area contributed by atoms with Gasteiger partial charge in [0.25, 0.3) is 5.56 Å². The monoisotopic (exact) mass is 280 g/mol. The number of hydrogen-bond acceptors (Lipinski definition) is 3. The highest BCUT2D eigenvalue weighted by atomic mass is 35.5. The fourth-order valence-corrected chi connectivity index (χ4v) is 2.58. The van der Waals surface area contributed by atoms with E-state index in [1.807, 2.05) is 12.1 Å². The first-order valence-corrected chi connectivity index (χ1v) is 7.04. The van der Waals surface area contributed by atoms with E-state index in [1.165, 1.54) is 11.6 Å². The van der Waals surface area contributed by atoms with E-state index in [9.17, 15) is 4.79 Å². The van der Waals surface area contributed by atoms with E-state index >= 15 is 0 Å². The average molecular weight is 281 g/mol. The average Bonchev–Trinajstić information content (AvgIpc) is 2.36. The molecule has 1 aromatic heterocycles. The Hall–Kier alpha value is -1.26. The quantitative estimate of drug-likeness (QED) is 0.691. The standard InChI is InChI=1S/C13H13ClN2OS/c1-9-3-2-4-11(5-9)18-8-12-15-10(7-14)6-13(17)16-12/h2-6H,7-8H2,1H3,(H,15,16,17). The van der Waals surface area contributed by atoms with Crippen LogP contribution in [0.4, 0.5) is 0 Å². The molecule has 0 unspecified atom stereocenters. The number of rotatable bonds is 4. The van der Waals surface area contributed by atoms with Gasteiger partial charge in [0.2, 0.25) is 0 Å². The van der Waals surface area contributed by atoms with Gasteiger partial charge in [-0.15, -0.1) is 23.4 Å². The van der Waals surface area contributed by atoms with E-state index < -0.39 is 0 Å². The number of aromatic nitrogens is 2. The van der Waals surface area contributed by atoms with Crippen molar-refractivity contribution in [1.29, 1.82) is 0 Å². The molecule has 0 saturated carbocycles. The molecule has 0 aliphatic rings. The summed E-state index contributed by atoms with van der Waals surface area (Å²) in [6, 6.07) is 9.64. The van der Waals surface area contributed by atoms with E-state index in [-0.39, 0.29) is 11.4 Å². The molecule has 1 aromatic carbocycles. The van der Waals surface area contributed by atoms with Crippen molar-refractivity contribution < 1.29 is 0 Å². The molecule has 1 N–H and O–H groups in total. The summed E-state index contributed by atoms with van der Waals surface area (Å²) in [4.78, 5) is 19.5. The lowest BCUT2D eigenvalue weighted by atomic mass is 10.2. The first-order valence-electron chi connectivity index (χ1n) is 5.52. The molecule has 0 aliphatic carbocycles. The molecule has 0 radical (unpaired) electrons. The van der Waals surface area contributed by atoms with Crippen molar-refractivity contribution in [3.8, 4) is 0 Å². The highest BCUT2D eigenvalue weighted by Crippen LogP contribution is 2.21. The third kappa shape index (κ3) is 3.62. The van der Waals surface area contributed by atoms with Gasteiger partial charge in [-0.25, -0.2) is 4.98 Å². The van der Waals surface area contributed by atoms with Gasteiger partial charge >= 0.3 is 0 Å². The molecule has 5 heteroatoms. The maximum atomic E-state index is 11.4. The minimum atomic E-state index is -0.152. The van der Waals surface area contributed by atoms with Gasteiger partial charge in [-0.3, -0.25) is 4.79 Å². The number of nitrogens with zero attached hydrogens (tertiary/aromatic N) is 1. The molecule has 0 fully saturated rings. The first kappa shape index (κ1) is 13.2. The molecule has 0 spiro atoms. The Morgan fingerprint density at radius 2 is 2.22 bits per heavy atom. The van der Waals surface area contributed by atoms with Gasteiger partial charge in [0.05, 0.1) is 17.3 Å². The minimum absolute atomic E-state index is 0.152. The number of aryl methyl sites for hydroxylation is 1. The van der Waals surface area contributed by atoms with Crippen molar-refractivity contribution in [2.45, 2.75) is 23.5 Å². The first-order chi connectivity index (χ1) is 8.67. The van der Waals surface area contributed by atoms with Crippen LogP contribution in [0, 0.1) is 6.92 Å². The van der Waals surface area contributed by atoms with Crippen LogP contribution in [-0.4, -0.2) is 9.97 Å². The highest BCUT2D eigenvalue weighted by Gasteiger charge is 2.02. The summed E-state index contributed by atoms with van der Waals surface area (Å²) < 4.78 is 0. The van der Waals surface area contributed by atoms with Gasteiger partial charge in [-0.1, -0.05) is 17.7 Å². The van der Waals surface area contributed by atoms with Crippen molar-refractivity contribution in [3.05, 3.63) is 57.8 Å². The molecule has 0 amide bonds. The second-order valence-electron chi connectivity index (χ2n) is 3.92. The van der Waals surface area contributed by atoms with Crippen LogP contribution in [0.25, 0.3) is 0 Å². The molecular weight excluding hydrogens is 268 g/mol.